The van der Waals surface area contributed by atoms with Gasteiger partial charge in [-0.05, 0) is 55.7 Å². The number of ether oxygens (including phenoxy) is 2. The molecule has 26 heavy (non-hydrogen) atoms. The van der Waals surface area contributed by atoms with E-state index in [1.54, 1.807) is 6.07 Å². The molecule has 0 aliphatic rings. The van der Waals surface area contributed by atoms with Crippen molar-refractivity contribution in [1.29, 1.82) is 0 Å². The number of rotatable bonds is 14. The summed E-state index contributed by atoms with van der Waals surface area (Å²) in [5.41, 5.74) is 1.19. The molecule has 0 fully saturated rings. The average Bonchev–Trinajstić information content (AvgIpc) is 2.60. The Bertz CT molecular complexity index is 635. The van der Waals surface area contributed by atoms with E-state index < -0.39 is 11.9 Å². The lowest BCUT2D eigenvalue weighted by molar-refractivity contribution is 0.0694. The molecule has 2 N–H and O–H groups in total. The van der Waals surface area contributed by atoms with E-state index in [2.05, 4.69) is 13.2 Å². The van der Waals surface area contributed by atoms with Crippen LogP contribution in [0.2, 0.25) is 0 Å². The zero-order valence-corrected chi connectivity index (χ0v) is 14.9. The molecule has 0 spiro atoms. The molecule has 0 bridgehead atoms. The molecule has 0 aliphatic carbocycles. The molecule has 1 aromatic carbocycles. The number of carbonyl (C=O) groups is 2. The number of carboxylic acid groups (broad SMARTS) is 2. The van der Waals surface area contributed by atoms with Gasteiger partial charge in [0.2, 0.25) is 0 Å². The molecule has 0 heterocycles. The zero-order chi connectivity index (χ0) is 19.4. The molecule has 0 saturated carbocycles. The summed E-state index contributed by atoms with van der Waals surface area (Å²) in [4.78, 5) is 23.3. The number of hydrogen-bond acceptors (Lipinski definition) is 4. The van der Waals surface area contributed by atoms with Crippen LogP contribution in [0.5, 0.6) is 0 Å². The Labute approximate surface area is 153 Å². The van der Waals surface area contributed by atoms with Crippen molar-refractivity contribution in [2.45, 2.75) is 38.5 Å². The highest BCUT2D eigenvalue weighted by Gasteiger charge is 2.21. The lowest BCUT2D eigenvalue weighted by atomic mass is 9.90. The molecule has 142 valence electrons. The van der Waals surface area contributed by atoms with Gasteiger partial charge in [-0.1, -0.05) is 19.2 Å². The van der Waals surface area contributed by atoms with Crippen LogP contribution in [-0.4, -0.2) is 35.4 Å². The number of aromatic carboxylic acids is 2. The average molecular weight is 362 g/mol. The monoisotopic (exact) mass is 362 g/mol. The van der Waals surface area contributed by atoms with Gasteiger partial charge in [0.25, 0.3) is 0 Å². The largest absolute Gasteiger partial charge is 0.502 e. The van der Waals surface area contributed by atoms with Crippen LogP contribution in [0.15, 0.2) is 37.8 Å². The summed E-state index contributed by atoms with van der Waals surface area (Å²) < 4.78 is 10.1. The Morgan fingerprint density at radius 2 is 1.46 bits per heavy atom. The second kappa shape index (κ2) is 11.7. The zero-order valence-electron chi connectivity index (χ0n) is 14.9. The first-order valence-corrected chi connectivity index (χ1v) is 8.59. The first-order chi connectivity index (χ1) is 12.5. The van der Waals surface area contributed by atoms with Crippen LogP contribution in [0.1, 0.15) is 57.5 Å². The molecule has 1 aromatic rings. The van der Waals surface area contributed by atoms with Crippen LogP contribution < -0.4 is 0 Å². The summed E-state index contributed by atoms with van der Waals surface area (Å²) in [6, 6.07) is 3.10. The van der Waals surface area contributed by atoms with Gasteiger partial charge in [0, 0.05) is 0 Å². The minimum Gasteiger partial charge on any atom is -0.502 e. The van der Waals surface area contributed by atoms with Crippen molar-refractivity contribution in [1.82, 2.24) is 0 Å². The fourth-order valence-electron chi connectivity index (χ4n) is 2.79. The normalized spacial score (nSPS) is 10.2. The Balaban J connectivity index is 2.98. The van der Waals surface area contributed by atoms with Crippen molar-refractivity contribution in [3.8, 4) is 0 Å². The Kier molecular flexibility index (Phi) is 9.61. The molecule has 1 rings (SSSR count). The topological polar surface area (TPSA) is 93.1 Å². The van der Waals surface area contributed by atoms with Crippen molar-refractivity contribution in [2.75, 3.05) is 13.2 Å². The van der Waals surface area contributed by atoms with Gasteiger partial charge in [0.05, 0.1) is 36.9 Å². The third-order valence-corrected chi connectivity index (χ3v) is 3.98. The molecule has 0 atom stereocenters. The first kappa shape index (κ1) is 21.3. The highest BCUT2D eigenvalue weighted by atomic mass is 16.5. The summed E-state index contributed by atoms with van der Waals surface area (Å²) in [7, 11) is 0. The van der Waals surface area contributed by atoms with E-state index in [0.29, 0.717) is 50.0 Å². The Hall–Kier alpha value is -2.76. The van der Waals surface area contributed by atoms with E-state index in [-0.39, 0.29) is 11.1 Å². The van der Waals surface area contributed by atoms with Gasteiger partial charge in [0.15, 0.2) is 0 Å². The summed E-state index contributed by atoms with van der Waals surface area (Å²) >= 11 is 0. The van der Waals surface area contributed by atoms with Gasteiger partial charge in [0.1, 0.15) is 0 Å². The van der Waals surface area contributed by atoms with Crippen molar-refractivity contribution >= 4 is 11.9 Å². The molecule has 0 unspecified atom stereocenters. The maximum absolute atomic E-state index is 11.8. The van der Waals surface area contributed by atoms with Crippen LogP contribution in [0.4, 0.5) is 0 Å². The van der Waals surface area contributed by atoms with Gasteiger partial charge in [-0.2, -0.15) is 0 Å². The fourth-order valence-corrected chi connectivity index (χ4v) is 2.79. The van der Waals surface area contributed by atoms with Crippen LogP contribution in [-0.2, 0) is 22.3 Å². The van der Waals surface area contributed by atoms with Gasteiger partial charge < -0.3 is 19.7 Å². The van der Waals surface area contributed by atoms with Gasteiger partial charge >= 0.3 is 11.9 Å². The first-order valence-electron chi connectivity index (χ1n) is 8.59. The predicted octanol–water partition coefficient (Wildman–Crippen LogP) is 4.05. The van der Waals surface area contributed by atoms with Crippen molar-refractivity contribution in [3.05, 3.63) is 60.1 Å². The smallest absolute Gasteiger partial charge is 0.336 e. The molecule has 0 aliphatic heterocycles. The van der Waals surface area contributed by atoms with Gasteiger partial charge in [-0.3, -0.25) is 0 Å². The lowest BCUT2D eigenvalue weighted by Gasteiger charge is -2.15. The number of unbranched alkanes of at least 4 members (excludes halogenated alkanes) is 2. The number of aryl methyl sites for hydroxylation is 1. The standard InChI is InChI=1S/C20H26O6/c1-3-25-13-7-5-9-15-11-12-17(19(21)22)16(18(15)20(23)24)10-6-8-14-26-4-2/h3-4,11-12H,1-2,5-10,13-14H2,(H,21,22)(H,23,24). The van der Waals surface area contributed by atoms with Crippen molar-refractivity contribution in [3.63, 3.8) is 0 Å². The van der Waals surface area contributed by atoms with Crippen LogP contribution in [0, 0.1) is 0 Å². The van der Waals surface area contributed by atoms with E-state index in [1.165, 1.54) is 18.6 Å². The molecule has 0 saturated heterocycles. The molecule has 6 heteroatoms. The molecular formula is C20H26O6. The number of benzene rings is 1. The second-order valence-corrected chi connectivity index (χ2v) is 5.73. The molecule has 6 nitrogen and oxygen atoms in total. The fraction of sp³-hybridized carbons (Fsp3) is 0.400. The van der Waals surface area contributed by atoms with Crippen LogP contribution in [0.25, 0.3) is 0 Å². The minimum atomic E-state index is -1.12. The quantitative estimate of drug-likeness (QED) is 0.383. The van der Waals surface area contributed by atoms with Gasteiger partial charge in [-0.25, -0.2) is 9.59 Å². The minimum absolute atomic E-state index is 0.0470. The Morgan fingerprint density at radius 1 is 0.885 bits per heavy atom. The third kappa shape index (κ3) is 6.63. The predicted molar refractivity (Wildman–Crippen MR) is 98.5 cm³/mol. The van der Waals surface area contributed by atoms with Crippen LogP contribution in [0.3, 0.4) is 0 Å². The highest BCUT2D eigenvalue weighted by molar-refractivity contribution is 5.97. The van der Waals surface area contributed by atoms with E-state index >= 15 is 0 Å². The SMILES string of the molecule is C=COCCCCc1ccc(C(=O)O)c(CCCCOC=C)c1C(=O)O. The summed E-state index contributed by atoms with van der Waals surface area (Å²) in [6.45, 7) is 7.92. The lowest BCUT2D eigenvalue weighted by Crippen LogP contribution is -2.14. The summed E-state index contributed by atoms with van der Waals surface area (Å²) in [6.07, 6.45) is 6.47. The van der Waals surface area contributed by atoms with Crippen molar-refractivity contribution in [2.24, 2.45) is 0 Å². The molecule has 0 radical (unpaired) electrons. The van der Waals surface area contributed by atoms with Crippen molar-refractivity contribution < 1.29 is 29.3 Å². The Morgan fingerprint density at radius 3 is 1.96 bits per heavy atom. The highest BCUT2D eigenvalue weighted by Crippen LogP contribution is 2.24. The summed E-state index contributed by atoms with van der Waals surface area (Å²) in [5.74, 6) is -2.21. The van der Waals surface area contributed by atoms with E-state index in [1.807, 2.05) is 0 Å². The number of hydrogen-bond donors (Lipinski definition) is 2. The molecular weight excluding hydrogens is 336 g/mol. The number of carboxylic acids is 2. The molecule has 0 amide bonds. The van der Waals surface area contributed by atoms with E-state index in [4.69, 9.17) is 9.47 Å². The summed E-state index contributed by atoms with van der Waals surface area (Å²) in [5, 5.41) is 19.1. The second-order valence-electron chi connectivity index (χ2n) is 5.73. The van der Waals surface area contributed by atoms with E-state index in [0.717, 1.165) is 12.8 Å². The van der Waals surface area contributed by atoms with Gasteiger partial charge in [-0.15, -0.1) is 0 Å². The third-order valence-electron chi connectivity index (χ3n) is 3.98. The van der Waals surface area contributed by atoms with Crippen LogP contribution >= 0.6 is 0 Å². The molecule has 0 aromatic heterocycles. The maximum Gasteiger partial charge on any atom is 0.336 e. The van der Waals surface area contributed by atoms with E-state index in [9.17, 15) is 19.8 Å². The maximum atomic E-state index is 11.8.